The third-order valence-corrected chi connectivity index (χ3v) is 15.8. The van der Waals surface area contributed by atoms with E-state index in [-0.39, 0.29) is 10.8 Å². The molecule has 1 unspecified atom stereocenters. The van der Waals surface area contributed by atoms with E-state index in [1.165, 1.54) is 83.5 Å². The molecule has 330 valence electrons. The van der Waals surface area contributed by atoms with Crippen LogP contribution < -0.4 is 9.80 Å². The first-order chi connectivity index (χ1) is 33.7. The minimum atomic E-state index is -0.670. The van der Waals surface area contributed by atoms with Crippen molar-refractivity contribution in [2.75, 3.05) is 9.80 Å². The van der Waals surface area contributed by atoms with Gasteiger partial charge in [-0.3, -0.25) is 0 Å². The van der Waals surface area contributed by atoms with Gasteiger partial charge in [-0.15, -0.1) is 0 Å². The lowest BCUT2D eigenvalue weighted by atomic mass is 9.69. The van der Waals surface area contributed by atoms with Crippen molar-refractivity contribution >= 4 is 34.1 Å². The molecule has 1 spiro atoms. The molecule has 0 fully saturated rings. The highest BCUT2D eigenvalue weighted by Gasteiger charge is 2.54. The maximum Gasteiger partial charge on any atom is 0.0741 e. The zero-order valence-electron chi connectivity index (χ0n) is 39.5. The third-order valence-electron chi connectivity index (χ3n) is 15.8. The van der Waals surface area contributed by atoms with E-state index in [4.69, 9.17) is 0 Å². The second-order valence-electron chi connectivity index (χ2n) is 20.0. The number of hydrogen-bond acceptors (Lipinski definition) is 2. The molecule has 0 saturated carbocycles. The SMILES string of the molecule is C=C/C=C\C1=C(N(c2ccccc2)c2ccc3c(c2)C(C)(C)c2ccccc2-3)c2ccccc2C12c1ccccc1-c1c(N(c3ccccc3)c3ccc4c(c3)C(C)(C)c3ccccc3-4)cccc12. The number of hydrogen-bond donors (Lipinski definition) is 0. The van der Waals surface area contributed by atoms with Crippen molar-refractivity contribution in [3.8, 4) is 33.4 Å². The fourth-order valence-corrected chi connectivity index (χ4v) is 12.8. The first-order valence-electron chi connectivity index (χ1n) is 24.3. The van der Waals surface area contributed by atoms with E-state index in [2.05, 4.69) is 269 Å². The predicted molar refractivity (Wildman–Crippen MR) is 289 cm³/mol. The van der Waals surface area contributed by atoms with E-state index in [0.29, 0.717) is 0 Å². The summed E-state index contributed by atoms with van der Waals surface area (Å²) < 4.78 is 0. The number of para-hydroxylation sites is 2. The zero-order chi connectivity index (χ0) is 46.6. The first kappa shape index (κ1) is 41.0. The van der Waals surface area contributed by atoms with E-state index in [1.54, 1.807) is 0 Å². The summed E-state index contributed by atoms with van der Waals surface area (Å²) in [5.41, 5.74) is 25.2. The van der Waals surface area contributed by atoms with Gasteiger partial charge in [0.25, 0.3) is 0 Å². The summed E-state index contributed by atoms with van der Waals surface area (Å²) in [5, 5.41) is 0. The number of benzene rings is 9. The van der Waals surface area contributed by atoms with E-state index in [1.807, 2.05) is 6.08 Å². The highest BCUT2D eigenvalue weighted by Crippen LogP contribution is 2.66. The summed E-state index contributed by atoms with van der Waals surface area (Å²) in [4.78, 5) is 5.03. The number of anilines is 5. The summed E-state index contributed by atoms with van der Waals surface area (Å²) in [6, 6.07) is 79.3. The van der Waals surface area contributed by atoms with Gasteiger partial charge in [-0.05, 0) is 127 Å². The van der Waals surface area contributed by atoms with E-state index >= 15 is 0 Å². The van der Waals surface area contributed by atoms with Gasteiger partial charge in [0.1, 0.15) is 0 Å². The molecule has 9 aromatic rings. The number of allylic oxidation sites excluding steroid dienone is 4. The summed E-state index contributed by atoms with van der Waals surface area (Å²) in [6.45, 7) is 13.7. The monoisotopic (exact) mass is 884 g/mol. The molecule has 0 aliphatic heterocycles. The summed E-state index contributed by atoms with van der Waals surface area (Å²) >= 11 is 0. The van der Waals surface area contributed by atoms with Crippen molar-refractivity contribution in [3.05, 3.63) is 287 Å². The molecule has 69 heavy (non-hydrogen) atoms. The fraction of sp³-hybridized carbons (Fsp3) is 0.104. The highest BCUT2D eigenvalue weighted by atomic mass is 15.2. The lowest BCUT2D eigenvalue weighted by Gasteiger charge is -2.34. The lowest BCUT2D eigenvalue weighted by molar-refractivity contribution is 0.660. The molecule has 13 rings (SSSR count). The highest BCUT2D eigenvalue weighted by molar-refractivity contribution is 6.05. The molecule has 0 bridgehead atoms. The van der Waals surface area contributed by atoms with E-state index < -0.39 is 5.41 Å². The Hall–Kier alpha value is -8.20. The second-order valence-corrected chi connectivity index (χ2v) is 20.0. The topological polar surface area (TPSA) is 6.48 Å². The Labute approximate surface area is 406 Å². The van der Waals surface area contributed by atoms with Crippen LogP contribution in [0.3, 0.4) is 0 Å². The molecule has 1 atom stereocenters. The van der Waals surface area contributed by atoms with Crippen LogP contribution in [0.15, 0.2) is 243 Å². The van der Waals surface area contributed by atoms with Gasteiger partial charge in [0, 0.05) is 44.7 Å². The molecule has 9 aromatic carbocycles. The largest absolute Gasteiger partial charge is 0.310 e. The zero-order valence-corrected chi connectivity index (χ0v) is 39.5. The second kappa shape index (κ2) is 15.2. The van der Waals surface area contributed by atoms with Crippen LogP contribution in [0.2, 0.25) is 0 Å². The van der Waals surface area contributed by atoms with Crippen molar-refractivity contribution in [3.63, 3.8) is 0 Å². The molecule has 0 saturated heterocycles. The molecular formula is C67H52N2. The van der Waals surface area contributed by atoms with Crippen LogP contribution >= 0.6 is 0 Å². The summed E-state index contributed by atoms with van der Waals surface area (Å²) in [7, 11) is 0. The van der Waals surface area contributed by atoms with Gasteiger partial charge in [-0.1, -0.05) is 210 Å². The van der Waals surface area contributed by atoms with E-state index in [9.17, 15) is 0 Å². The van der Waals surface area contributed by atoms with Crippen molar-refractivity contribution in [2.45, 2.75) is 43.9 Å². The van der Waals surface area contributed by atoms with Gasteiger partial charge in [0.2, 0.25) is 0 Å². The third kappa shape index (κ3) is 5.66. The Kier molecular flexibility index (Phi) is 9.01. The van der Waals surface area contributed by atoms with Crippen molar-refractivity contribution in [1.29, 1.82) is 0 Å². The molecule has 0 N–H and O–H groups in total. The molecule has 0 aromatic heterocycles. The van der Waals surface area contributed by atoms with Crippen molar-refractivity contribution in [1.82, 2.24) is 0 Å². The van der Waals surface area contributed by atoms with Crippen LogP contribution in [0.4, 0.5) is 28.4 Å². The minimum absolute atomic E-state index is 0.149. The van der Waals surface area contributed by atoms with Crippen LogP contribution in [0.25, 0.3) is 39.1 Å². The summed E-state index contributed by atoms with van der Waals surface area (Å²) in [5.74, 6) is 0. The van der Waals surface area contributed by atoms with Gasteiger partial charge in [-0.25, -0.2) is 0 Å². The smallest absolute Gasteiger partial charge is 0.0741 e. The number of nitrogens with zero attached hydrogens (tertiary/aromatic N) is 2. The normalized spacial score (nSPS) is 16.9. The Balaban J connectivity index is 1.09. The maximum absolute atomic E-state index is 4.26. The quantitative estimate of drug-likeness (QED) is 0.140. The van der Waals surface area contributed by atoms with Gasteiger partial charge < -0.3 is 9.80 Å². The molecule has 4 aliphatic rings. The van der Waals surface area contributed by atoms with Gasteiger partial charge >= 0.3 is 0 Å². The van der Waals surface area contributed by atoms with Crippen LogP contribution in [0, 0.1) is 0 Å². The first-order valence-corrected chi connectivity index (χ1v) is 24.3. The maximum atomic E-state index is 4.26. The van der Waals surface area contributed by atoms with Crippen LogP contribution in [-0.4, -0.2) is 0 Å². The average Bonchev–Trinajstić information content (AvgIpc) is 4.01. The van der Waals surface area contributed by atoms with E-state index in [0.717, 1.165) is 34.1 Å². The standard InChI is InChI=1S/C67H52N2/c1-6-7-31-59-64(69(45-25-12-9-13-26-45)47-39-41-51-49-28-15-19-33-55(49)66(4,5)61(51)43-47)53-30-17-21-35-57(53)67(59)56-34-20-16-29-52(56)63-58(67)36-22-37-62(63)68(44-23-10-8-11-24-44)46-38-40-50-48-27-14-18-32-54(48)65(2,3)60(50)42-46/h6-43H,1H2,2-5H3/b31-7-. The van der Waals surface area contributed by atoms with Crippen LogP contribution in [-0.2, 0) is 16.2 Å². The molecule has 2 nitrogen and oxygen atoms in total. The number of fused-ring (bicyclic) bond motifs is 13. The Morgan fingerprint density at radius 3 is 1.36 bits per heavy atom. The van der Waals surface area contributed by atoms with Crippen molar-refractivity contribution < 1.29 is 0 Å². The molecule has 2 heteroatoms. The van der Waals surface area contributed by atoms with Gasteiger partial charge in [-0.2, -0.15) is 0 Å². The van der Waals surface area contributed by atoms with Crippen LogP contribution in [0.5, 0.6) is 0 Å². The minimum Gasteiger partial charge on any atom is -0.310 e. The predicted octanol–water partition coefficient (Wildman–Crippen LogP) is 17.4. The average molecular weight is 885 g/mol. The molecule has 0 amide bonds. The molecule has 4 aliphatic carbocycles. The number of rotatable bonds is 8. The Morgan fingerprint density at radius 1 is 0.362 bits per heavy atom. The molecular weight excluding hydrogens is 833 g/mol. The molecule has 0 radical (unpaired) electrons. The Morgan fingerprint density at radius 2 is 0.797 bits per heavy atom. The Bertz CT molecular complexity index is 3640. The lowest BCUT2D eigenvalue weighted by Crippen LogP contribution is -2.27. The van der Waals surface area contributed by atoms with Crippen LogP contribution in [0.1, 0.15) is 72.2 Å². The van der Waals surface area contributed by atoms with Gasteiger partial charge in [0.15, 0.2) is 0 Å². The van der Waals surface area contributed by atoms with Crippen molar-refractivity contribution in [2.24, 2.45) is 0 Å². The molecule has 0 heterocycles. The van der Waals surface area contributed by atoms with Gasteiger partial charge in [0.05, 0.1) is 16.8 Å². The fourth-order valence-electron chi connectivity index (χ4n) is 12.8. The summed E-state index contributed by atoms with van der Waals surface area (Å²) in [6.07, 6.45) is 6.41.